The molecule has 0 fully saturated rings. The van der Waals surface area contributed by atoms with Crippen LogP contribution in [0.4, 0.5) is 10.5 Å². The summed E-state index contributed by atoms with van der Waals surface area (Å²) in [6.07, 6.45) is -0.154. The number of halogens is 2. The monoisotopic (exact) mass is 467 g/mol. The molecule has 1 aromatic carbocycles. The summed E-state index contributed by atoms with van der Waals surface area (Å²) in [6, 6.07) is 6.95. The van der Waals surface area contributed by atoms with Crippen LogP contribution in [0.1, 0.15) is 0 Å². The van der Waals surface area contributed by atoms with Gasteiger partial charge in [0.2, 0.25) is 5.71 Å². The third-order valence-corrected chi connectivity index (χ3v) is 4.11. The second kappa shape index (κ2) is 11.0. The molecule has 2 rings (SSSR count). The van der Waals surface area contributed by atoms with Crippen LogP contribution in [0.3, 0.4) is 0 Å². The standard InChI is InChI=1S/C18H15Cl2N5O6/c1-30-5-4-25-9-11(2-3-15(25)26)31-16-12(19)6-10(7-13(16)20)23-24-14(8-21)17(27)22-18(28)29/h2-3,6-7,9,23H,4-5H2,1H3,(H,22,27)(H,28,29). The summed E-state index contributed by atoms with van der Waals surface area (Å²) in [5, 5.41) is 22.6. The lowest BCUT2D eigenvalue weighted by molar-refractivity contribution is -0.114. The number of hydrogen-bond acceptors (Lipinski definition) is 8. The van der Waals surface area contributed by atoms with Crippen LogP contribution in [0.15, 0.2) is 40.4 Å². The van der Waals surface area contributed by atoms with Gasteiger partial charge in [-0.05, 0) is 18.2 Å². The van der Waals surface area contributed by atoms with Gasteiger partial charge in [-0.1, -0.05) is 23.2 Å². The Morgan fingerprint density at radius 3 is 2.55 bits per heavy atom. The van der Waals surface area contributed by atoms with Crippen LogP contribution in [0.2, 0.25) is 10.0 Å². The molecule has 3 N–H and O–H groups in total. The SMILES string of the molecule is COCCn1cc(Oc2c(Cl)cc(NN=C(C#N)C(=O)NC(=O)O)cc2Cl)ccc1=O. The molecule has 1 aromatic heterocycles. The molecule has 0 aliphatic carbocycles. The fourth-order valence-corrected chi connectivity index (χ4v) is 2.74. The molecule has 0 saturated carbocycles. The van der Waals surface area contributed by atoms with Gasteiger partial charge in [-0.2, -0.15) is 10.4 Å². The van der Waals surface area contributed by atoms with E-state index in [1.165, 1.54) is 53.5 Å². The number of anilines is 1. The molecule has 0 spiro atoms. The van der Waals surface area contributed by atoms with Crippen molar-refractivity contribution in [1.29, 1.82) is 5.26 Å². The van der Waals surface area contributed by atoms with Crippen molar-refractivity contribution in [2.45, 2.75) is 6.54 Å². The highest BCUT2D eigenvalue weighted by atomic mass is 35.5. The minimum atomic E-state index is -1.63. The number of carboxylic acid groups (broad SMARTS) is 1. The lowest BCUT2D eigenvalue weighted by Crippen LogP contribution is -2.34. The van der Waals surface area contributed by atoms with E-state index >= 15 is 0 Å². The Labute approximate surface area is 185 Å². The van der Waals surface area contributed by atoms with Gasteiger partial charge in [0.15, 0.2) is 5.75 Å². The molecule has 1 heterocycles. The van der Waals surface area contributed by atoms with Gasteiger partial charge in [0, 0.05) is 25.9 Å². The number of hydrazone groups is 1. The summed E-state index contributed by atoms with van der Waals surface area (Å²) in [4.78, 5) is 33.9. The fraction of sp³-hybridized carbons (Fsp3) is 0.167. The zero-order valence-corrected chi connectivity index (χ0v) is 17.4. The average Bonchev–Trinajstić information content (AvgIpc) is 2.70. The zero-order valence-electron chi connectivity index (χ0n) is 15.9. The lowest BCUT2D eigenvalue weighted by atomic mass is 10.3. The molecule has 162 valence electrons. The van der Waals surface area contributed by atoms with E-state index in [1.807, 2.05) is 0 Å². The molecule has 0 aliphatic rings. The minimum Gasteiger partial charge on any atom is -0.465 e. The van der Waals surface area contributed by atoms with Gasteiger partial charge in [-0.25, -0.2) is 4.79 Å². The van der Waals surface area contributed by atoms with E-state index in [4.69, 9.17) is 43.0 Å². The highest BCUT2D eigenvalue weighted by Gasteiger charge is 2.15. The first-order valence-corrected chi connectivity index (χ1v) is 9.15. The van der Waals surface area contributed by atoms with E-state index in [0.717, 1.165) is 0 Å². The smallest absolute Gasteiger partial charge is 0.411 e. The number of hydrogen-bond donors (Lipinski definition) is 3. The number of amides is 2. The third-order valence-electron chi connectivity index (χ3n) is 3.55. The molecule has 31 heavy (non-hydrogen) atoms. The van der Waals surface area contributed by atoms with E-state index in [2.05, 4.69) is 10.5 Å². The van der Waals surface area contributed by atoms with E-state index in [-0.39, 0.29) is 27.0 Å². The number of rotatable bonds is 8. The zero-order chi connectivity index (χ0) is 23.0. The molecule has 11 nitrogen and oxygen atoms in total. The quantitative estimate of drug-likeness (QED) is 0.395. The molecule has 2 amide bonds. The second-order valence-corrected chi connectivity index (χ2v) is 6.52. The maximum absolute atomic E-state index is 11.9. The molecule has 0 bridgehead atoms. The third kappa shape index (κ3) is 6.71. The lowest BCUT2D eigenvalue weighted by Gasteiger charge is -2.13. The fourth-order valence-electron chi connectivity index (χ4n) is 2.18. The Kier molecular flexibility index (Phi) is 8.39. The predicted molar refractivity (Wildman–Crippen MR) is 112 cm³/mol. The number of nitriles is 1. The summed E-state index contributed by atoms with van der Waals surface area (Å²) in [5.74, 6) is -0.808. The second-order valence-electron chi connectivity index (χ2n) is 5.70. The Hall–Kier alpha value is -3.59. The topological polar surface area (TPSA) is 155 Å². The molecule has 0 aliphatic heterocycles. The summed E-state index contributed by atoms with van der Waals surface area (Å²) < 4.78 is 12.0. The first-order chi connectivity index (χ1) is 14.7. The van der Waals surface area contributed by atoms with Crippen LogP contribution in [0.25, 0.3) is 0 Å². The number of imide groups is 1. The first-order valence-electron chi connectivity index (χ1n) is 8.39. The number of benzene rings is 1. The number of carbonyl (C=O) groups is 2. The molecular weight excluding hydrogens is 453 g/mol. The largest absolute Gasteiger partial charge is 0.465 e. The van der Waals surface area contributed by atoms with Gasteiger partial charge in [0.05, 0.1) is 22.3 Å². The number of ether oxygens (including phenoxy) is 2. The summed E-state index contributed by atoms with van der Waals surface area (Å²) in [7, 11) is 1.52. The van der Waals surface area contributed by atoms with Crippen molar-refractivity contribution in [3.05, 3.63) is 50.9 Å². The van der Waals surface area contributed by atoms with Gasteiger partial charge in [-0.3, -0.25) is 20.3 Å². The molecule has 0 radical (unpaired) electrons. The van der Waals surface area contributed by atoms with Crippen LogP contribution in [-0.2, 0) is 16.1 Å². The van der Waals surface area contributed by atoms with Crippen molar-refractivity contribution in [1.82, 2.24) is 9.88 Å². The molecular formula is C18H15Cl2N5O6. The van der Waals surface area contributed by atoms with E-state index in [1.54, 1.807) is 0 Å². The number of carbonyl (C=O) groups excluding carboxylic acids is 1. The Bertz CT molecular complexity index is 1100. The summed E-state index contributed by atoms with van der Waals surface area (Å²) in [6.45, 7) is 0.659. The average molecular weight is 468 g/mol. The Morgan fingerprint density at radius 2 is 1.97 bits per heavy atom. The van der Waals surface area contributed by atoms with Gasteiger partial charge >= 0.3 is 6.09 Å². The van der Waals surface area contributed by atoms with Crippen LogP contribution in [0, 0.1) is 11.3 Å². The van der Waals surface area contributed by atoms with E-state index in [0.29, 0.717) is 18.9 Å². The van der Waals surface area contributed by atoms with Crippen LogP contribution in [-0.4, -0.2) is 41.1 Å². The predicted octanol–water partition coefficient (Wildman–Crippen LogP) is 2.68. The van der Waals surface area contributed by atoms with Gasteiger partial charge in [-0.15, -0.1) is 0 Å². The highest BCUT2D eigenvalue weighted by Crippen LogP contribution is 2.38. The van der Waals surface area contributed by atoms with E-state index in [9.17, 15) is 14.4 Å². The van der Waals surface area contributed by atoms with Gasteiger partial charge < -0.3 is 19.1 Å². The van der Waals surface area contributed by atoms with Crippen LogP contribution in [0.5, 0.6) is 11.5 Å². The van der Waals surface area contributed by atoms with E-state index < -0.39 is 17.7 Å². The minimum absolute atomic E-state index is 0.0633. The Balaban J connectivity index is 2.22. The van der Waals surface area contributed by atoms with Crippen molar-refractivity contribution in [2.24, 2.45) is 5.10 Å². The maximum atomic E-state index is 11.9. The van der Waals surface area contributed by atoms with Gasteiger partial charge in [0.1, 0.15) is 11.8 Å². The molecule has 0 saturated heterocycles. The maximum Gasteiger partial charge on any atom is 0.411 e. The van der Waals surface area contributed by atoms with Crippen molar-refractivity contribution >= 4 is 46.6 Å². The molecule has 0 unspecified atom stereocenters. The highest BCUT2D eigenvalue weighted by molar-refractivity contribution is 6.46. The van der Waals surface area contributed by atoms with Crippen molar-refractivity contribution < 1.29 is 24.2 Å². The normalized spacial score (nSPS) is 10.8. The molecule has 2 aromatic rings. The van der Waals surface area contributed by atoms with Crippen molar-refractivity contribution in [2.75, 3.05) is 19.1 Å². The summed E-state index contributed by atoms with van der Waals surface area (Å²) in [5.41, 5.74) is 1.62. The number of aromatic nitrogens is 1. The number of nitrogens with zero attached hydrogens (tertiary/aromatic N) is 3. The summed E-state index contributed by atoms with van der Waals surface area (Å²) >= 11 is 12.4. The van der Waals surface area contributed by atoms with Crippen molar-refractivity contribution in [3.63, 3.8) is 0 Å². The van der Waals surface area contributed by atoms with Gasteiger partial charge in [0.25, 0.3) is 11.5 Å². The molecule has 13 heteroatoms. The van der Waals surface area contributed by atoms with Crippen LogP contribution < -0.4 is 21.0 Å². The van der Waals surface area contributed by atoms with Crippen molar-refractivity contribution in [3.8, 4) is 17.6 Å². The Morgan fingerprint density at radius 1 is 1.29 bits per heavy atom. The number of methoxy groups -OCH3 is 1. The molecule has 0 atom stereocenters. The first kappa shape index (κ1) is 23.7. The number of nitrogens with one attached hydrogen (secondary N) is 2. The van der Waals surface area contributed by atoms with Crippen LogP contribution >= 0.6 is 23.2 Å². The number of pyridine rings is 1.